The normalized spacial score (nSPS) is 17.7. The second kappa shape index (κ2) is 9.79. The van der Waals surface area contributed by atoms with Gasteiger partial charge in [-0.15, -0.1) is 0 Å². The van der Waals surface area contributed by atoms with Gasteiger partial charge in [0.2, 0.25) is 19.9 Å². The molecular formula is C19H18ClF5N2O6S3. The Labute approximate surface area is 209 Å². The smallest absolute Gasteiger partial charge is 0.242 e. The molecule has 0 aliphatic carbocycles. The minimum absolute atomic E-state index is 0.137. The third-order valence-electron chi connectivity index (χ3n) is 5.42. The van der Waals surface area contributed by atoms with Gasteiger partial charge in [0.05, 0.1) is 9.79 Å². The van der Waals surface area contributed by atoms with Gasteiger partial charge in [0, 0.05) is 24.7 Å². The summed E-state index contributed by atoms with van der Waals surface area (Å²) in [5, 5.41) is -0.137. The Morgan fingerprint density at radius 3 is 2.11 bits per heavy atom. The lowest BCUT2D eigenvalue weighted by molar-refractivity contribution is -0.0452. The molecule has 0 atom stereocenters. The van der Waals surface area contributed by atoms with Crippen LogP contribution in [0.2, 0.25) is 5.02 Å². The van der Waals surface area contributed by atoms with Crippen LogP contribution in [0, 0.1) is 5.82 Å². The van der Waals surface area contributed by atoms with Crippen molar-refractivity contribution in [2.45, 2.75) is 38.7 Å². The van der Waals surface area contributed by atoms with Crippen molar-refractivity contribution in [3.05, 3.63) is 53.3 Å². The summed E-state index contributed by atoms with van der Waals surface area (Å²) < 4.78 is 143. The molecule has 1 aliphatic heterocycles. The highest BCUT2D eigenvalue weighted by Crippen LogP contribution is 2.35. The number of rotatable bonds is 7. The molecule has 8 nitrogen and oxygen atoms in total. The average Bonchev–Trinajstić information content (AvgIpc) is 2.77. The van der Waals surface area contributed by atoms with E-state index in [-0.39, 0.29) is 5.02 Å². The number of sulfonamides is 2. The first-order valence-corrected chi connectivity index (χ1v) is 14.7. The number of hydrogen-bond acceptors (Lipinski definition) is 6. The molecule has 1 heterocycles. The van der Waals surface area contributed by atoms with E-state index in [1.165, 1.54) is 0 Å². The number of alkyl halides is 4. The molecule has 0 radical (unpaired) electrons. The largest absolute Gasteiger partial charge is 0.511 e. The van der Waals surface area contributed by atoms with Gasteiger partial charge in [-0.3, -0.25) is 0 Å². The van der Waals surface area contributed by atoms with E-state index in [1.807, 2.05) is 0 Å². The molecule has 1 aliphatic rings. The minimum Gasteiger partial charge on any atom is -0.242 e. The standard InChI is InChI=1S/C19H18ClF5N2O6S3/c20-13-4-5-16(17(10-13)34(28,29)15-3-1-2-14(21)11-15)35(30,31)27-8-6-18(22,7-9-27)12-26-36(32,33)19(23,24)25/h1-5,10-11,26H,6-9,12H2. The highest BCUT2D eigenvalue weighted by Gasteiger charge is 2.48. The van der Waals surface area contributed by atoms with Crippen LogP contribution in [0.4, 0.5) is 22.0 Å². The van der Waals surface area contributed by atoms with E-state index in [2.05, 4.69) is 0 Å². The third kappa shape index (κ3) is 5.83. The minimum atomic E-state index is -5.80. The Morgan fingerprint density at radius 1 is 0.944 bits per heavy atom. The quantitative estimate of drug-likeness (QED) is 0.491. The van der Waals surface area contributed by atoms with Crippen molar-refractivity contribution in [1.82, 2.24) is 9.03 Å². The zero-order chi connectivity index (χ0) is 27.2. The highest BCUT2D eigenvalue weighted by atomic mass is 35.5. The molecule has 3 rings (SSSR count). The summed E-state index contributed by atoms with van der Waals surface area (Å²) in [6.07, 6.45) is -1.35. The molecule has 0 amide bonds. The molecular weight excluding hydrogens is 579 g/mol. The lowest BCUT2D eigenvalue weighted by Gasteiger charge is -2.36. The van der Waals surface area contributed by atoms with Crippen LogP contribution in [0.1, 0.15) is 12.8 Å². The number of nitrogens with zero attached hydrogens (tertiary/aromatic N) is 1. The summed E-state index contributed by atoms with van der Waals surface area (Å²) in [4.78, 5) is -2.02. The summed E-state index contributed by atoms with van der Waals surface area (Å²) in [7, 11) is -15.0. The summed E-state index contributed by atoms with van der Waals surface area (Å²) in [6.45, 7) is -2.41. The van der Waals surface area contributed by atoms with Crippen LogP contribution >= 0.6 is 11.6 Å². The second-order valence-electron chi connectivity index (χ2n) is 7.88. The third-order valence-corrected chi connectivity index (χ3v) is 10.7. The van der Waals surface area contributed by atoms with Gasteiger partial charge in [0.15, 0.2) is 0 Å². The SMILES string of the molecule is O=S(=O)(c1cccc(F)c1)c1cc(Cl)ccc1S(=O)(=O)N1CCC(F)(CNS(=O)(=O)C(F)(F)F)CC1. The Balaban J connectivity index is 1.88. The number of nitrogens with one attached hydrogen (secondary N) is 1. The van der Waals surface area contributed by atoms with Gasteiger partial charge in [0.1, 0.15) is 16.4 Å². The molecule has 1 saturated heterocycles. The van der Waals surface area contributed by atoms with Crippen LogP contribution in [0.15, 0.2) is 57.2 Å². The monoisotopic (exact) mass is 596 g/mol. The zero-order valence-corrected chi connectivity index (χ0v) is 21.2. The second-order valence-corrected chi connectivity index (χ2v) is 13.9. The number of piperidine rings is 1. The first kappa shape index (κ1) is 28.7. The van der Waals surface area contributed by atoms with Gasteiger partial charge < -0.3 is 0 Å². The number of halogens is 6. The Bertz CT molecular complexity index is 1470. The van der Waals surface area contributed by atoms with Crippen molar-refractivity contribution >= 4 is 41.5 Å². The number of benzene rings is 2. The van der Waals surface area contributed by atoms with Crippen LogP contribution in [0.3, 0.4) is 0 Å². The molecule has 2 aromatic carbocycles. The van der Waals surface area contributed by atoms with Gasteiger partial charge in [-0.05, 0) is 49.2 Å². The molecule has 200 valence electrons. The van der Waals surface area contributed by atoms with Gasteiger partial charge in [-0.2, -0.15) is 17.5 Å². The van der Waals surface area contributed by atoms with Crippen LogP contribution < -0.4 is 4.72 Å². The Morgan fingerprint density at radius 2 is 1.56 bits per heavy atom. The predicted octanol–water partition coefficient (Wildman–Crippen LogP) is 3.24. The van der Waals surface area contributed by atoms with Crippen LogP contribution in [0.5, 0.6) is 0 Å². The van der Waals surface area contributed by atoms with Crippen molar-refractivity contribution in [2.24, 2.45) is 0 Å². The molecule has 17 heteroatoms. The maximum absolute atomic E-state index is 15.0. The van der Waals surface area contributed by atoms with E-state index in [9.17, 15) is 47.2 Å². The van der Waals surface area contributed by atoms with Gasteiger partial charge in [-0.1, -0.05) is 17.7 Å². The number of hydrogen-bond donors (Lipinski definition) is 1. The molecule has 0 aromatic heterocycles. The molecule has 0 saturated carbocycles. The first-order chi connectivity index (χ1) is 16.4. The fourth-order valence-electron chi connectivity index (χ4n) is 3.42. The lowest BCUT2D eigenvalue weighted by atomic mass is 9.95. The summed E-state index contributed by atoms with van der Waals surface area (Å²) in [6, 6.07) is 6.72. The van der Waals surface area contributed by atoms with E-state index in [1.54, 1.807) is 0 Å². The fraction of sp³-hybridized carbons (Fsp3) is 0.368. The van der Waals surface area contributed by atoms with Crippen molar-refractivity contribution in [3.8, 4) is 0 Å². The molecule has 36 heavy (non-hydrogen) atoms. The van der Waals surface area contributed by atoms with Crippen molar-refractivity contribution < 1.29 is 47.2 Å². The van der Waals surface area contributed by atoms with E-state index < -0.39 is 94.0 Å². The van der Waals surface area contributed by atoms with Crippen LogP contribution in [0.25, 0.3) is 0 Å². The number of sulfone groups is 1. The van der Waals surface area contributed by atoms with Crippen molar-refractivity contribution in [1.29, 1.82) is 0 Å². The van der Waals surface area contributed by atoms with Crippen LogP contribution in [-0.4, -0.2) is 60.4 Å². The Hall–Kier alpha value is -1.85. The lowest BCUT2D eigenvalue weighted by Crippen LogP contribution is -2.51. The average molecular weight is 597 g/mol. The van der Waals surface area contributed by atoms with Gasteiger partial charge in [0.25, 0.3) is 0 Å². The topological polar surface area (TPSA) is 118 Å². The van der Waals surface area contributed by atoms with E-state index >= 15 is 0 Å². The Kier molecular flexibility index (Phi) is 7.81. The van der Waals surface area contributed by atoms with Gasteiger partial charge in [-0.25, -0.2) is 38.8 Å². The molecule has 1 fully saturated rings. The van der Waals surface area contributed by atoms with Gasteiger partial charge >= 0.3 is 15.5 Å². The fourth-order valence-corrected chi connectivity index (χ4v) is 7.80. The van der Waals surface area contributed by atoms with E-state index in [4.69, 9.17) is 11.6 Å². The van der Waals surface area contributed by atoms with E-state index in [0.717, 1.165) is 45.4 Å². The molecule has 0 spiro atoms. The molecule has 1 N–H and O–H groups in total. The summed E-state index contributed by atoms with van der Waals surface area (Å²) in [5.41, 5.74) is -8.13. The van der Waals surface area contributed by atoms with E-state index in [0.29, 0.717) is 6.07 Å². The molecule has 2 aromatic rings. The highest BCUT2D eigenvalue weighted by molar-refractivity contribution is 7.93. The van der Waals surface area contributed by atoms with Crippen molar-refractivity contribution in [3.63, 3.8) is 0 Å². The summed E-state index contributed by atoms with van der Waals surface area (Å²) >= 11 is 5.89. The molecule has 0 bridgehead atoms. The predicted molar refractivity (Wildman–Crippen MR) is 118 cm³/mol. The summed E-state index contributed by atoms with van der Waals surface area (Å²) in [5.74, 6) is -0.890. The zero-order valence-electron chi connectivity index (χ0n) is 18.0. The maximum Gasteiger partial charge on any atom is 0.511 e. The first-order valence-electron chi connectivity index (χ1n) is 9.94. The molecule has 0 unspecified atom stereocenters. The maximum atomic E-state index is 15.0. The van der Waals surface area contributed by atoms with Crippen LogP contribution in [-0.2, 0) is 29.9 Å². The van der Waals surface area contributed by atoms with Crippen molar-refractivity contribution in [2.75, 3.05) is 19.6 Å².